The van der Waals surface area contributed by atoms with Gasteiger partial charge in [-0.2, -0.15) is 10.2 Å². The summed E-state index contributed by atoms with van der Waals surface area (Å²) in [7, 11) is 0. The van der Waals surface area contributed by atoms with E-state index < -0.39 is 5.91 Å². The Kier molecular flexibility index (Phi) is 5.02. The maximum Gasteiger partial charge on any atom is 0.289 e. The van der Waals surface area contributed by atoms with E-state index in [2.05, 4.69) is 20.7 Å². The van der Waals surface area contributed by atoms with Crippen LogP contribution in [0.4, 0.5) is 0 Å². The van der Waals surface area contributed by atoms with Crippen LogP contribution in [-0.2, 0) is 0 Å². The smallest absolute Gasteiger partial charge is 0.289 e. The third-order valence-electron chi connectivity index (χ3n) is 3.30. The Morgan fingerprint density at radius 3 is 2.64 bits per heavy atom. The SMILES string of the molecule is O=C(N/N=C/c1ccc(O)cc1)c1cc(-c2ccc(Cl)cc2Cl)n[nH]1. The monoisotopic (exact) mass is 374 g/mol. The maximum atomic E-state index is 12.1. The molecule has 3 rings (SSSR count). The molecule has 3 N–H and O–H groups in total. The number of H-pyrrole nitrogens is 1. The number of aromatic amines is 1. The van der Waals surface area contributed by atoms with Gasteiger partial charge in [-0.25, -0.2) is 5.43 Å². The number of nitrogens with zero attached hydrogens (tertiary/aromatic N) is 2. The quantitative estimate of drug-likeness (QED) is 0.478. The molecule has 1 aromatic heterocycles. The first-order valence-electron chi connectivity index (χ1n) is 7.16. The van der Waals surface area contributed by atoms with Gasteiger partial charge in [0.15, 0.2) is 0 Å². The van der Waals surface area contributed by atoms with Crippen LogP contribution in [0.2, 0.25) is 10.0 Å². The summed E-state index contributed by atoms with van der Waals surface area (Å²) in [6, 6.07) is 13.0. The molecule has 0 radical (unpaired) electrons. The minimum Gasteiger partial charge on any atom is -0.508 e. The van der Waals surface area contributed by atoms with Crippen LogP contribution in [0.25, 0.3) is 11.3 Å². The van der Waals surface area contributed by atoms with E-state index in [0.29, 0.717) is 21.3 Å². The highest BCUT2D eigenvalue weighted by Crippen LogP contribution is 2.29. The molecule has 2 aromatic carbocycles. The van der Waals surface area contributed by atoms with Crippen LogP contribution in [0.15, 0.2) is 53.6 Å². The average molecular weight is 375 g/mol. The van der Waals surface area contributed by atoms with E-state index in [4.69, 9.17) is 23.2 Å². The number of aromatic nitrogens is 2. The number of benzene rings is 2. The first kappa shape index (κ1) is 17.0. The first-order chi connectivity index (χ1) is 12.0. The lowest BCUT2D eigenvalue weighted by atomic mass is 10.1. The van der Waals surface area contributed by atoms with Gasteiger partial charge in [-0.1, -0.05) is 23.2 Å². The summed E-state index contributed by atoms with van der Waals surface area (Å²) in [5.74, 6) is -0.286. The number of nitrogens with one attached hydrogen (secondary N) is 2. The summed E-state index contributed by atoms with van der Waals surface area (Å²) in [6.45, 7) is 0. The minimum absolute atomic E-state index is 0.159. The molecular weight excluding hydrogens is 363 g/mol. The summed E-state index contributed by atoms with van der Waals surface area (Å²) in [4.78, 5) is 12.1. The summed E-state index contributed by atoms with van der Waals surface area (Å²) in [5.41, 5.74) is 4.55. The predicted molar refractivity (Wildman–Crippen MR) is 97.2 cm³/mol. The van der Waals surface area contributed by atoms with Gasteiger partial charge in [0.05, 0.1) is 16.9 Å². The van der Waals surface area contributed by atoms with Crippen molar-refractivity contribution in [1.29, 1.82) is 0 Å². The number of aromatic hydroxyl groups is 1. The first-order valence-corrected chi connectivity index (χ1v) is 7.92. The van der Waals surface area contributed by atoms with Crippen LogP contribution in [-0.4, -0.2) is 27.4 Å². The van der Waals surface area contributed by atoms with Gasteiger partial charge >= 0.3 is 0 Å². The number of carbonyl (C=O) groups excluding carboxylic acids is 1. The maximum absolute atomic E-state index is 12.1. The second-order valence-corrected chi connectivity index (χ2v) is 5.93. The molecule has 0 bridgehead atoms. The summed E-state index contributed by atoms with van der Waals surface area (Å²) < 4.78 is 0. The van der Waals surface area contributed by atoms with Crippen molar-refractivity contribution in [2.24, 2.45) is 5.10 Å². The van der Waals surface area contributed by atoms with Crippen LogP contribution in [0.1, 0.15) is 16.1 Å². The summed E-state index contributed by atoms with van der Waals surface area (Å²) in [5, 5.41) is 20.8. The normalized spacial score (nSPS) is 11.0. The third-order valence-corrected chi connectivity index (χ3v) is 3.85. The van der Waals surface area contributed by atoms with Crippen molar-refractivity contribution in [2.75, 3.05) is 0 Å². The molecule has 0 spiro atoms. The molecule has 6 nitrogen and oxygen atoms in total. The Morgan fingerprint density at radius 2 is 1.92 bits per heavy atom. The van der Waals surface area contributed by atoms with Crippen LogP contribution in [0.3, 0.4) is 0 Å². The van der Waals surface area contributed by atoms with E-state index in [9.17, 15) is 9.90 Å². The molecule has 25 heavy (non-hydrogen) atoms. The zero-order valence-electron chi connectivity index (χ0n) is 12.7. The number of halogens is 2. The number of amides is 1. The van der Waals surface area contributed by atoms with Crippen LogP contribution < -0.4 is 5.43 Å². The molecule has 0 aliphatic carbocycles. The number of hydrogen-bond acceptors (Lipinski definition) is 4. The number of carbonyl (C=O) groups is 1. The molecular formula is C17H12Cl2N4O2. The molecule has 0 unspecified atom stereocenters. The molecule has 0 atom stereocenters. The van der Waals surface area contributed by atoms with Gasteiger partial charge in [0.1, 0.15) is 11.4 Å². The molecule has 126 valence electrons. The Hall–Kier alpha value is -2.83. The molecule has 0 saturated carbocycles. The molecule has 0 fully saturated rings. The molecule has 0 saturated heterocycles. The molecule has 1 amide bonds. The van der Waals surface area contributed by atoms with E-state index in [0.717, 1.165) is 5.56 Å². The molecule has 0 aliphatic heterocycles. The third kappa shape index (κ3) is 4.17. The highest BCUT2D eigenvalue weighted by Gasteiger charge is 2.12. The van der Waals surface area contributed by atoms with Gasteiger partial charge in [-0.15, -0.1) is 0 Å². The number of rotatable bonds is 4. The van der Waals surface area contributed by atoms with Gasteiger partial charge < -0.3 is 5.11 Å². The number of hydrogen-bond donors (Lipinski definition) is 3. The lowest BCUT2D eigenvalue weighted by Gasteiger charge is -2.00. The van der Waals surface area contributed by atoms with Gasteiger partial charge in [0, 0.05) is 10.6 Å². The van der Waals surface area contributed by atoms with Crippen LogP contribution in [0.5, 0.6) is 5.75 Å². The number of phenols is 1. The van der Waals surface area contributed by atoms with E-state index in [-0.39, 0.29) is 11.4 Å². The predicted octanol–water partition coefficient (Wildman–Crippen LogP) is 3.85. The Morgan fingerprint density at radius 1 is 1.16 bits per heavy atom. The minimum atomic E-state index is -0.445. The number of hydrazone groups is 1. The Bertz CT molecular complexity index is 936. The molecule has 1 heterocycles. The van der Waals surface area contributed by atoms with E-state index in [1.54, 1.807) is 36.4 Å². The second-order valence-electron chi connectivity index (χ2n) is 5.08. The molecule has 0 aliphatic rings. The zero-order chi connectivity index (χ0) is 17.8. The molecule has 3 aromatic rings. The van der Waals surface area contributed by atoms with Crippen LogP contribution in [0, 0.1) is 0 Å². The standard InChI is InChI=1S/C17H12Cl2N4O2/c18-11-3-6-13(14(19)7-11)15-8-16(22-21-15)17(25)23-20-9-10-1-4-12(24)5-2-10/h1-9,24H,(H,21,22)(H,23,25)/b20-9+. The van der Waals surface area contributed by atoms with Crippen molar-refractivity contribution in [3.63, 3.8) is 0 Å². The van der Waals surface area contributed by atoms with Crippen molar-refractivity contribution in [2.45, 2.75) is 0 Å². The fourth-order valence-corrected chi connectivity index (χ4v) is 2.56. The second kappa shape index (κ2) is 7.38. The topological polar surface area (TPSA) is 90.4 Å². The number of phenolic OH excluding ortho intramolecular Hbond substituents is 1. The van der Waals surface area contributed by atoms with Gasteiger partial charge in [0.2, 0.25) is 0 Å². The van der Waals surface area contributed by atoms with Crippen molar-refractivity contribution in [3.05, 3.63) is 69.8 Å². The van der Waals surface area contributed by atoms with E-state index in [1.807, 2.05) is 0 Å². The van der Waals surface area contributed by atoms with Crippen molar-refractivity contribution >= 4 is 35.3 Å². The Balaban J connectivity index is 1.69. The largest absolute Gasteiger partial charge is 0.508 e. The van der Waals surface area contributed by atoms with E-state index in [1.165, 1.54) is 18.3 Å². The van der Waals surface area contributed by atoms with E-state index >= 15 is 0 Å². The summed E-state index contributed by atoms with van der Waals surface area (Å²) >= 11 is 12.0. The van der Waals surface area contributed by atoms with Gasteiger partial charge in [-0.05, 0) is 54.1 Å². The fraction of sp³-hybridized carbons (Fsp3) is 0. The fourth-order valence-electron chi connectivity index (χ4n) is 2.06. The van der Waals surface area contributed by atoms with Crippen molar-refractivity contribution in [1.82, 2.24) is 15.6 Å². The Labute approximate surface area is 153 Å². The molecule has 8 heteroatoms. The highest BCUT2D eigenvalue weighted by molar-refractivity contribution is 6.36. The van der Waals surface area contributed by atoms with Crippen molar-refractivity contribution in [3.8, 4) is 17.0 Å². The lowest BCUT2D eigenvalue weighted by Crippen LogP contribution is -2.17. The lowest BCUT2D eigenvalue weighted by molar-refractivity contribution is 0.0950. The zero-order valence-corrected chi connectivity index (χ0v) is 14.2. The van der Waals surface area contributed by atoms with Crippen molar-refractivity contribution < 1.29 is 9.90 Å². The summed E-state index contributed by atoms with van der Waals surface area (Å²) in [6.07, 6.45) is 1.46. The van der Waals surface area contributed by atoms with Crippen LogP contribution >= 0.6 is 23.2 Å². The average Bonchev–Trinajstić information content (AvgIpc) is 3.06. The highest BCUT2D eigenvalue weighted by atomic mass is 35.5. The van der Waals surface area contributed by atoms with Gasteiger partial charge in [-0.3, -0.25) is 9.89 Å². The van der Waals surface area contributed by atoms with Gasteiger partial charge in [0.25, 0.3) is 5.91 Å².